The minimum atomic E-state index is -1.26. The molecule has 1 aromatic rings. The van der Waals surface area contributed by atoms with Crippen molar-refractivity contribution in [1.82, 2.24) is 5.32 Å². The maximum absolute atomic E-state index is 13.4. The van der Waals surface area contributed by atoms with Crippen LogP contribution < -0.4 is 11.1 Å². The number of hydrogen-bond acceptors (Lipinski definition) is 3. The molecule has 0 radical (unpaired) electrons. The Morgan fingerprint density at radius 3 is 2.33 bits per heavy atom. The maximum atomic E-state index is 13.4. The normalized spacial score (nSPS) is 17.8. The smallest absolute Gasteiger partial charge is 0.329 e. The summed E-state index contributed by atoms with van der Waals surface area (Å²) in [7, 11) is 0. The summed E-state index contributed by atoms with van der Waals surface area (Å²) in [6.45, 7) is 0. The number of aliphatic carboxylic acids is 1. The van der Waals surface area contributed by atoms with Gasteiger partial charge in [0.1, 0.15) is 11.4 Å². The molecule has 0 aromatic heterocycles. The van der Waals surface area contributed by atoms with Gasteiger partial charge in [-0.05, 0) is 31.0 Å². The zero-order valence-electron chi connectivity index (χ0n) is 11.7. The van der Waals surface area contributed by atoms with Crippen molar-refractivity contribution in [3.8, 4) is 0 Å². The van der Waals surface area contributed by atoms with Crippen LogP contribution in [0.2, 0.25) is 0 Å². The van der Waals surface area contributed by atoms with Gasteiger partial charge in [-0.1, -0.05) is 25.7 Å². The second-order valence-electron chi connectivity index (χ2n) is 5.49. The van der Waals surface area contributed by atoms with Gasteiger partial charge in [0, 0.05) is 5.56 Å². The third-order valence-corrected chi connectivity index (χ3v) is 3.98. The molecule has 5 nitrogen and oxygen atoms in total. The summed E-state index contributed by atoms with van der Waals surface area (Å²) >= 11 is 0. The lowest BCUT2D eigenvalue weighted by Crippen LogP contribution is -2.54. The molecule has 0 atom stereocenters. The van der Waals surface area contributed by atoms with E-state index in [4.69, 9.17) is 5.73 Å². The zero-order valence-corrected chi connectivity index (χ0v) is 11.7. The Morgan fingerprint density at radius 2 is 1.81 bits per heavy atom. The molecule has 1 amide bonds. The number of nitrogens with two attached hydrogens (primary N) is 1. The Kier molecular flexibility index (Phi) is 4.45. The molecule has 0 aliphatic heterocycles. The largest absolute Gasteiger partial charge is 0.480 e. The van der Waals surface area contributed by atoms with Gasteiger partial charge in [0.05, 0.1) is 5.69 Å². The molecule has 6 heteroatoms. The number of nitrogen functional groups attached to an aromatic ring is 1. The number of carboxylic acids is 1. The molecule has 114 valence electrons. The highest BCUT2D eigenvalue weighted by Crippen LogP contribution is 2.28. The van der Waals surface area contributed by atoms with E-state index in [0.717, 1.165) is 31.7 Å². The third-order valence-electron chi connectivity index (χ3n) is 3.98. The van der Waals surface area contributed by atoms with E-state index in [2.05, 4.69) is 5.32 Å². The molecule has 0 heterocycles. The maximum Gasteiger partial charge on any atom is 0.329 e. The van der Waals surface area contributed by atoms with Crippen LogP contribution in [-0.4, -0.2) is 22.5 Å². The Labute approximate surface area is 122 Å². The number of amides is 1. The minimum Gasteiger partial charge on any atom is -0.480 e. The number of carbonyl (C=O) groups excluding carboxylic acids is 1. The monoisotopic (exact) mass is 294 g/mol. The second-order valence-corrected chi connectivity index (χ2v) is 5.49. The summed E-state index contributed by atoms with van der Waals surface area (Å²) < 4.78 is 13.4. The van der Waals surface area contributed by atoms with Gasteiger partial charge < -0.3 is 16.2 Å². The van der Waals surface area contributed by atoms with Gasteiger partial charge in [-0.25, -0.2) is 9.18 Å². The van der Waals surface area contributed by atoms with Crippen LogP contribution in [0.4, 0.5) is 10.1 Å². The van der Waals surface area contributed by atoms with Gasteiger partial charge in [-0.2, -0.15) is 0 Å². The van der Waals surface area contributed by atoms with Crippen molar-refractivity contribution in [3.05, 3.63) is 29.6 Å². The summed E-state index contributed by atoms with van der Waals surface area (Å²) in [5, 5.41) is 12.1. The highest BCUT2D eigenvalue weighted by atomic mass is 19.1. The summed E-state index contributed by atoms with van der Waals surface area (Å²) in [5.74, 6) is -2.31. The minimum absolute atomic E-state index is 0.0473. The third kappa shape index (κ3) is 3.32. The number of carboxylic acid groups (broad SMARTS) is 1. The first kappa shape index (κ1) is 15.3. The van der Waals surface area contributed by atoms with Gasteiger partial charge in [0.2, 0.25) is 0 Å². The highest BCUT2D eigenvalue weighted by Gasteiger charge is 2.40. The molecule has 1 saturated carbocycles. The fraction of sp³-hybridized carbons (Fsp3) is 0.467. The number of halogens is 1. The molecule has 1 fully saturated rings. The van der Waals surface area contributed by atoms with E-state index < -0.39 is 23.2 Å². The van der Waals surface area contributed by atoms with E-state index in [9.17, 15) is 19.1 Å². The molecule has 0 unspecified atom stereocenters. The van der Waals surface area contributed by atoms with Crippen LogP contribution in [0.25, 0.3) is 0 Å². The number of nitrogens with one attached hydrogen (secondary N) is 1. The molecule has 1 aliphatic rings. The van der Waals surface area contributed by atoms with Crippen molar-refractivity contribution in [2.45, 2.75) is 44.1 Å². The van der Waals surface area contributed by atoms with Gasteiger partial charge in [-0.3, -0.25) is 4.79 Å². The quantitative estimate of drug-likeness (QED) is 0.589. The van der Waals surface area contributed by atoms with Crippen LogP contribution in [0.15, 0.2) is 18.2 Å². The standard InChI is InChI=1S/C15H19FN2O3/c16-11-9-10(5-6-12(11)17)13(19)18-15(14(20)21)7-3-1-2-4-8-15/h5-6,9H,1-4,7-8,17H2,(H,18,19)(H,20,21). The summed E-state index contributed by atoms with van der Waals surface area (Å²) in [6, 6.07) is 3.71. The summed E-state index contributed by atoms with van der Waals surface area (Å²) in [5.41, 5.74) is 4.14. The van der Waals surface area contributed by atoms with E-state index in [1.807, 2.05) is 0 Å². The van der Waals surface area contributed by atoms with Gasteiger partial charge in [-0.15, -0.1) is 0 Å². The van der Waals surface area contributed by atoms with E-state index in [0.29, 0.717) is 12.8 Å². The lowest BCUT2D eigenvalue weighted by atomic mass is 9.90. The fourth-order valence-electron chi connectivity index (χ4n) is 2.68. The van der Waals surface area contributed by atoms with Crippen molar-refractivity contribution in [2.75, 3.05) is 5.73 Å². The topological polar surface area (TPSA) is 92.4 Å². The van der Waals surface area contributed by atoms with E-state index in [1.54, 1.807) is 0 Å². The summed E-state index contributed by atoms with van der Waals surface area (Å²) in [6.07, 6.45) is 4.21. The van der Waals surface area contributed by atoms with E-state index in [1.165, 1.54) is 12.1 Å². The molecule has 0 saturated heterocycles. The number of benzene rings is 1. The van der Waals surface area contributed by atoms with Crippen LogP contribution >= 0.6 is 0 Å². The van der Waals surface area contributed by atoms with Crippen molar-refractivity contribution in [2.24, 2.45) is 0 Å². The first-order chi connectivity index (χ1) is 9.94. The van der Waals surface area contributed by atoms with Crippen molar-refractivity contribution < 1.29 is 19.1 Å². The zero-order chi connectivity index (χ0) is 15.5. The Balaban J connectivity index is 2.21. The highest BCUT2D eigenvalue weighted by molar-refractivity contribution is 5.98. The molecule has 21 heavy (non-hydrogen) atoms. The Hall–Kier alpha value is -2.11. The van der Waals surface area contributed by atoms with E-state index >= 15 is 0 Å². The lowest BCUT2D eigenvalue weighted by molar-refractivity contribution is -0.145. The number of anilines is 1. The molecular weight excluding hydrogens is 275 g/mol. The predicted octanol–water partition coefficient (Wildman–Crippen LogP) is 2.32. The molecule has 0 bridgehead atoms. The SMILES string of the molecule is Nc1ccc(C(=O)NC2(C(=O)O)CCCCCC2)cc1F. The molecular formula is C15H19FN2O3. The van der Waals surface area contributed by atoms with Crippen LogP contribution in [0.3, 0.4) is 0 Å². The van der Waals surface area contributed by atoms with Crippen LogP contribution in [0.1, 0.15) is 48.9 Å². The Morgan fingerprint density at radius 1 is 1.19 bits per heavy atom. The number of hydrogen-bond donors (Lipinski definition) is 3. The van der Waals surface area contributed by atoms with E-state index in [-0.39, 0.29) is 11.3 Å². The fourth-order valence-corrected chi connectivity index (χ4v) is 2.68. The van der Waals surface area contributed by atoms with Crippen molar-refractivity contribution >= 4 is 17.6 Å². The van der Waals surface area contributed by atoms with Crippen molar-refractivity contribution in [3.63, 3.8) is 0 Å². The summed E-state index contributed by atoms with van der Waals surface area (Å²) in [4.78, 5) is 23.8. The Bertz CT molecular complexity index is 552. The molecule has 1 aliphatic carbocycles. The van der Waals surface area contributed by atoms with Crippen LogP contribution in [0, 0.1) is 5.82 Å². The van der Waals surface area contributed by atoms with Gasteiger partial charge in [0.25, 0.3) is 5.91 Å². The van der Waals surface area contributed by atoms with Crippen LogP contribution in [0.5, 0.6) is 0 Å². The second kappa shape index (κ2) is 6.11. The molecule has 2 rings (SSSR count). The first-order valence-electron chi connectivity index (χ1n) is 7.05. The van der Waals surface area contributed by atoms with Crippen LogP contribution in [-0.2, 0) is 4.79 Å². The van der Waals surface area contributed by atoms with Gasteiger partial charge >= 0.3 is 5.97 Å². The first-order valence-corrected chi connectivity index (χ1v) is 7.05. The number of rotatable bonds is 3. The predicted molar refractivity (Wildman–Crippen MR) is 76.3 cm³/mol. The van der Waals surface area contributed by atoms with Crippen molar-refractivity contribution in [1.29, 1.82) is 0 Å². The average molecular weight is 294 g/mol. The molecule has 4 N–H and O–H groups in total. The number of carbonyl (C=O) groups is 2. The lowest BCUT2D eigenvalue weighted by Gasteiger charge is -2.29. The average Bonchev–Trinajstić information content (AvgIpc) is 2.68. The molecule has 0 spiro atoms. The molecule has 1 aromatic carbocycles. The van der Waals surface area contributed by atoms with Gasteiger partial charge in [0.15, 0.2) is 0 Å².